The zero-order chi connectivity index (χ0) is 12.1. The van der Waals surface area contributed by atoms with Crippen LogP contribution in [-0.2, 0) is 7.25 Å². The first-order valence-corrected chi connectivity index (χ1v) is 6.38. The maximum Gasteiger partial charge on any atom is 0.109 e. The molecule has 0 aliphatic heterocycles. The molecule has 0 heterocycles. The Kier molecular flexibility index (Phi) is 17.2. The summed E-state index contributed by atoms with van der Waals surface area (Å²) in [5, 5.41) is 0. The maximum absolute atomic E-state index is 4.85. The number of aliphatic imine (C=N–C) groups is 1. The van der Waals surface area contributed by atoms with Crippen molar-refractivity contribution < 1.29 is 7.25 Å². The minimum Gasteiger partial charge on any atom is -0.367 e. The van der Waals surface area contributed by atoms with Gasteiger partial charge in [-0.1, -0.05) is 0 Å². The van der Waals surface area contributed by atoms with Crippen LogP contribution in [0.2, 0.25) is 0 Å². The van der Waals surface area contributed by atoms with E-state index in [0.29, 0.717) is 0 Å². The van der Waals surface area contributed by atoms with Gasteiger partial charge in [-0.25, -0.2) is 0 Å². The van der Waals surface area contributed by atoms with E-state index in [1.165, 1.54) is 12.0 Å². The first-order valence-electron chi connectivity index (χ1n) is 4.58. The van der Waals surface area contributed by atoms with Crippen LogP contribution in [0.5, 0.6) is 0 Å². The monoisotopic (exact) mass is 348 g/mol. The Morgan fingerprint density at radius 1 is 1.40 bits per heavy atom. The molecule has 6 heteroatoms. The molecule has 0 aromatic heterocycles. The van der Waals surface area contributed by atoms with E-state index in [2.05, 4.69) is 8.06 Å². The summed E-state index contributed by atoms with van der Waals surface area (Å²) >= 11 is 3.27. The van der Waals surface area contributed by atoms with Gasteiger partial charge in [0.05, 0.1) is 12.9 Å². The average Bonchev–Trinajstić information content (AvgIpc) is 2.18. The number of rotatable bonds is 5. The predicted octanol–water partition coefficient (Wildman–Crippen LogP) is 2.63. The van der Waals surface area contributed by atoms with Gasteiger partial charge in [0.15, 0.2) is 0 Å². The van der Waals surface area contributed by atoms with Crippen molar-refractivity contribution in [3.8, 4) is 0 Å². The van der Waals surface area contributed by atoms with Gasteiger partial charge in [0, 0.05) is 33.5 Å². The molecule has 0 bridgehead atoms. The van der Waals surface area contributed by atoms with Gasteiger partial charge in [0.25, 0.3) is 0 Å². The van der Waals surface area contributed by atoms with Gasteiger partial charge in [-0.3, -0.25) is 4.99 Å². The molecule has 0 rings (SSSR count). The largest absolute Gasteiger partial charge is 0.367 e. The molecule has 0 aromatic carbocycles. The van der Waals surface area contributed by atoms with Crippen molar-refractivity contribution in [3.63, 3.8) is 0 Å². The number of amidine groups is 1. The van der Waals surface area contributed by atoms with Crippen LogP contribution < -0.4 is 0 Å². The quantitative estimate of drug-likeness (QED) is 0.252. The highest BCUT2D eigenvalue weighted by atomic mass is 127. The summed E-state index contributed by atoms with van der Waals surface area (Å²) in [5.74, 6) is 2.10. The molecule has 0 spiro atoms. The van der Waals surface area contributed by atoms with Gasteiger partial charge in [-0.2, -0.15) is 0 Å². The maximum atomic E-state index is 4.85. The van der Waals surface area contributed by atoms with Crippen molar-refractivity contribution in [3.05, 3.63) is 0 Å². The summed E-state index contributed by atoms with van der Waals surface area (Å²) in [6.45, 7) is 2.91. The molecule has 0 atom stereocenters. The molecule has 0 saturated carbocycles. The molecule has 0 aromatic rings. The fraction of sp³-hybridized carbons (Fsp3) is 0.889. The smallest absolute Gasteiger partial charge is 0.109 e. The van der Waals surface area contributed by atoms with Crippen LogP contribution in [0.25, 0.3) is 0 Å². The van der Waals surface area contributed by atoms with Crippen molar-refractivity contribution in [2.24, 2.45) is 4.99 Å². The molecular formula is C9H21IN2O2S. The molecule has 0 amide bonds. The van der Waals surface area contributed by atoms with Crippen LogP contribution in [-0.4, -0.2) is 51.3 Å². The Morgan fingerprint density at radius 2 is 1.93 bits per heavy atom. The molecule has 0 saturated heterocycles. The highest BCUT2D eigenvalue weighted by molar-refractivity contribution is 14.1. The summed E-state index contributed by atoms with van der Waals surface area (Å²) < 4.78 is 9.07. The van der Waals surface area contributed by atoms with Crippen molar-refractivity contribution in [1.82, 2.24) is 4.90 Å². The Balaban J connectivity index is 0. The number of hydrogen-bond donors (Lipinski definition) is 0. The molecule has 4 nitrogen and oxygen atoms in total. The molecule has 92 valence electrons. The zero-order valence-electron chi connectivity index (χ0n) is 10.1. The third-order valence-corrected chi connectivity index (χ3v) is 2.18. The second-order valence-electron chi connectivity index (χ2n) is 2.82. The van der Waals surface area contributed by atoms with Gasteiger partial charge in [-0.05, 0) is 25.4 Å². The first-order chi connectivity index (χ1) is 7.09. The predicted molar refractivity (Wildman–Crippen MR) is 76.8 cm³/mol. The topological polar surface area (TPSA) is 34.1 Å². The van der Waals surface area contributed by atoms with Crippen molar-refractivity contribution in [2.45, 2.75) is 13.3 Å². The summed E-state index contributed by atoms with van der Waals surface area (Å²) in [5.41, 5.74) is 0. The second-order valence-corrected chi connectivity index (χ2v) is 4.68. The number of halogens is 1. The van der Waals surface area contributed by atoms with Crippen LogP contribution in [0, 0.1) is 0 Å². The van der Waals surface area contributed by atoms with Crippen molar-refractivity contribution in [1.29, 1.82) is 0 Å². The lowest BCUT2D eigenvalue weighted by atomic mass is 10.5. The Morgan fingerprint density at radius 3 is 2.33 bits per heavy atom. The van der Waals surface area contributed by atoms with Gasteiger partial charge in [-0.15, -0.1) is 0 Å². The minimum atomic E-state index is 0.889. The average molecular weight is 348 g/mol. The van der Waals surface area contributed by atoms with Gasteiger partial charge >= 0.3 is 0 Å². The Labute approximate surface area is 112 Å². The molecule has 0 aliphatic rings. The van der Waals surface area contributed by atoms with Gasteiger partial charge < -0.3 is 12.1 Å². The van der Waals surface area contributed by atoms with E-state index in [1.807, 2.05) is 25.9 Å². The van der Waals surface area contributed by atoms with E-state index in [9.17, 15) is 0 Å². The number of nitrogens with zero attached hydrogens (tertiary/aromatic N) is 2. The van der Waals surface area contributed by atoms with E-state index in [1.54, 1.807) is 37.2 Å². The van der Waals surface area contributed by atoms with Crippen molar-refractivity contribution in [2.75, 3.05) is 40.6 Å². The van der Waals surface area contributed by atoms with Crippen LogP contribution in [0.4, 0.5) is 0 Å². The fourth-order valence-corrected chi connectivity index (χ4v) is 1.00. The van der Waals surface area contributed by atoms with Gasteiger partial charge in [0.1, 0.15) is 23.0 Å². The molecule has 0 aliphatic carbocycles. The highest BCUT2D eigenvalue weighted by Gasteiger charge is 1.91. The zero-order valence-corrected chi connectivity index (χ0v) is 13.1. The molecule has 0 radical (unpaired) electrons. The second kappa shape index (κ2) is 14.5. The summed E-state index contributed by atoms with van der Waals surface area (Å²) in [6, 6.07) is 0. The van der Waals surface area contributed by atoms with Crippen LogP contribution >= 0.6 is 35.0 Å². The van der Waals surface area contributed by atoms with Gasteiger partial charge in [0.2, 0.25) is 0 Å². The summed E-state index contributed by atoms with van der Waals surface area (Å²) in [7, 11) is 7.31. The molecular weight excluding hydrogens is 327 g/mol. The van der Waals surface area contributed by atoms with E-state index in [4.69, 9.17) is 4.18 Å². The third-order valence-electron chi connectivity index (χ3n) is 1.49. The third kappa shape index (κ3) is 17.1. The highest BCUT2D eigenvalue weighted by Crippen LogP contribution is 2.01. The van der Waals surface area contributed by atoms with E-state index in [0.717, 1.165) is 24.6 Å². The lowest BCUT2D eigenvalue weighted by Crippen LogP contribution is -2.18. The van der Waals surface area contributed by atoms with Crippen LogP contribution in [0.15, 0.2) is 4.99 Å². The Hall–Kier alpha value is 0.470. The van der Waals surface area contributed by atoms with E-state index < -0.39 is 0 Å². The van der Waals surface area contributed by atoms with E-state index in [-0.39, 0.29) is 0 Å². The lowest BCUT2D eigenvalue weighted by Gasteiger charge is -2.10. The SMILES string of the molecule is COI.COSCCCN=C(C)N(C)C. The molecule has 15 heavy (non-hydrogen) atoms. The van der Waals surface area contributed by atoms with Crippen LogP contribution in [0.3, 0.4) is 0 Å². The number of hydrogen-bond acceptors (Lipinski definition) is 4. The van der Waals surface area contributed by atoms with Crippen LogP contribution in [0.1, 0.15) is 13.3 Å². The molecule has 0 unspecified atom stereocenters. The van der Waals surface area contributed by atoms with Crippen molar-refractivity contribution >= 4 is 40.9 Å². The molecule has 0 fully saturated rings. The first kappa shape index (κ1) is 17.9. The standard InChI is InChI=1S/C8H18N2OS.CH3IO/c1-8(10(2)3)9-6-5-7-12-11-4;1-3-2/h5-7H2,1-4H3;1H3. The lowest BCUT2D eigenvalue weighted by molar-refractivity contribution is 0.489. The summed E-state index contributed by atoms with van der Waals surface area (Å²) in [4.78, 5) is 6.39. The fourth-order valence-electron chi connectivity index (χ4n) is 0.589. The minimum absolute atomic E-state index is 0.889. The van der Waals surface area contributed by atoms with E-state index >= 15 is 0 Å². The molecule has 0 N–H and O–H groups in total. The normalized spacial score (nSPS) is 10.7. The summed E-state index contributed by atoms with van der Waals surface area (Å²) in [6.07, 6.45) is 1.07. The Bertz CT molecular complexity index is 157.